The normalized spacial score (nSPS) is 10.2. The van der Waals surface area contributed by atoms with Gasteiger partial charge in [-0.15, -0.1) is 0 Å². The van der Waals surface area contributed by atoms with Crippen LogP contribution in [0.25, 0.3) is 0 Å². The van der Waals surface area contributed by atoms with Gasteiger partial charge in [-0.25, -0.2) is 0 Å². The Balaban J connectivity index is 1.95. The fourth-order valence-electron chi connectivity index (χ4n) is 1.72. The Morgan fingerprint density at radius 2 is 1.58 bits per heavy atom. The van der Waals surface area contributed by atoms with Gasteiger partial charge in [0.05, 0.1) is 6.42 Å². The lowest BCUT2D eigenvalue weighted by molar-refractivity contribution is -0.120. The average Bonchev–Trinajstić information content (AvgIpc) is 2.42. The zero-order valence-corrected chi connectivity index (χ0v) is 11.7. The maximum atomic E-state index is 11.9. The topological polar surface area (TPSA) is 29.1 Å². The van der Waals surface area contributed by atoms with Gasteiger partial charge in [0.15, 0.2) is 0 Å². The predicted molar refractivity (Wildman–Crippen MR) is 78.5 cm³/mol. The molecule has 19 heavy (non-hydrogen) atoms. The molecule has 1 amide bonds. The third-order valence-corrected chi connectivity index (χ3v) is 3.44. The van der Waals surface area contributed by atoms with E-state index in [4.69, 9.17) is 23.2 Å². The van der Waals surface area contributed by atoms with E-state index in [1.54, 1.807) is 18.2 Å². The Morgan fingerprint density at radius 3 is 2.21 bits per heavy atom. The van der Waals surface area contributed by atoms with Crippen molar-refractivity contribution < 1.29 is 4.79 Å². The second kappa shape index (κ2) is 6.60. The highest BCUT2D eigenvalue weighted by molar-refractivity contribution is 6.36. The van der Waals surface area contributed by atoms with Gasteiger partial charge in [-0.3, -0.25) is 4.79 Å². The number of halogens is 2. The minimum atomic E-state index is -0.0983. The minimum Gasteiger partial charge on any atom is -0.352 e. The largest absolute Gasteiger partial charge is 0.352 e. The zero-order chi connectivity index (χ0) is 13.7. The van der Waals surface area contributed by atoms with Gasteiger partial charge in [0.2, 0.25) is 5.91 Å². The van der Waals surface area contributed by atoms with Crippen LogP contribution in [0.2, 0.25) is 10.0 Å². The van der Waals surface area contributed by atoms with Crippen molar-refractivity contribution in [1.29, 1.82) is 0 Å². The number of amides is 1. The highest BCUT2D eigenvalue weighted by Crippen LogP contribution is 2.24. The van der Waals surface area contributed by atoms with E-state index in [0.29, 0.717) is 22.2 Å². The van der Waals surface area contributed by atoms with E-state index in [0.717, 1.165) is 5.56 Å². The molecule has 0 aromatic heterocycles. The highest BCUT2D eigenvalue weighted by atomic mass is 35.5. The Morgan fingerprint density at radius 1 is 0.947 bits per heavy atom. The summed E-state index contributed by atoms with van der Waals surface area (Å²) in [5, 5.41) is 3.88. The Kier molecular flexibility index (Phi) is 4.83. The molecular weight excluding hydrogens is 281 g/mol. The molecule has 0 fully saturated rings. The SMILES string of the molecule is O=C(Cc1c(Cl)cccc1Cl)NCc1ccccc1. The summed E-state index contributed by atoms with van der Waals surface area (Å²) >= 11 is 12.1. The fourth-order valence-corrected chi connectivity index (χ4v) is 2.25. The van der Waals surface area contributed by atoms with Crippen molar-refractivity contribution in [2.24, 2.45) is 0 Å². The van der Waals surface area contributed by atoms with Crippen LogP contribution in [0.5, 0.6) is 0 Å². The van der Waals surface area contributed by atoms with E-state index < -0.39 is 0 Å². The number of rotatable bonds is 4. The molecule has 0 aliphatic carbocycles. The molecule has 0 aliphatic rings. The van der Waals surface area contributed by atoms with Crippen molar-refractivity contribution in [1.82, 2.24) is 5.32 Å². The first-order chi connectivity index (χ1) is 9.16. The van der Waals surface area contributed by atoms with Crippen LogP contribution in [0, 0.1) is 0 Å². The molecule has 2 aromatic rings. The summed E-state index contributed by atoms with van der Waals surface area (Å²) in [4.78, 5) is 11.9. The first-order valence-electron chi connectivity index (χ1n) is 5.90. The van der Waals surface area contributed by atoms with Crippen LogP contribution >= 0.6 is 23.2 Å². The Hall–Kier alpha value is -1.51. The molecule has 2 rings (SSSR count). The van der Waals surface area contributed by atoms with E-state index in [-0.39, 0.29) is 12.3 Å². The van der Waals surface area contributed by atoms with Crippen LogP contribution in [0.1, 0.15) is 11.1 Å². The quantitative estimate of drug-likeness (QED) is 0.911. The van der Waals surface area contributed by atoms with Crippen LogP contribution in [0.4, 0.5) is 0 Å². The monoisotopic (exact) mass is 293 g/mol. The van der Waals surface area contributed by atoms with Crippen LogP contribution in [-0.2, 0) is 17.8 Å². The maximum Gasteiger partial charge on any atom is 0.224 e. The Labute approximate surface area is 122 Å². The maximum absolute atomic E-state index is 11.9. The molecule has 0 aliphatic heterocycles. The van der Waals surface area contributed by atoms with Gasteiger partial charge in [0.25, 0.3) is 0 Å². The van der Waals surface area contributed by atoms with E-state index in [1.165, 1.54) is 0 Å². The molecule has 0 radical (unpaired) electrons. The molecule has 2 nitrogen and oxygen atoms in total. The van der Waals surface area contributed by atoms with Gasteiger partial charge in [0, 0.05) is 16.6 Å². The summed E-state index contributed by atoms with van der Waals surface area (Å²) in [7, 11) is 0. The number of carbonyl (C=O) groups excluding carboxylic acids is 1. The first-order valence-corrected chi connectivity index (χ1v) is 6.66. The number of benzene rings is 2. The number of carbonyl (C=O) groups is 1. The smallest absolute Gasteiger partial charge is 0.224 e. The van der Waals surface area contributed by atoms with Crippen LogP contribution < -0.4 is 5.32 Å². The van der Waals surface area contributed by atoms with Crippen molar-refractivity contribution in [2.45, 2.75) is 13.0 Å². The van der Waals surface area contributed by atoms with Crippen LogP contribution in [0.3, 0.4) is 0 Å². The number of hydrogen-bond acceptors (Lipinski definition) is 1. The van der Waals surface area contributed by atoms with Crippen molar-refractivity contribution in [2.75, 3.05) is 0 Å². The van der Waals surface area contributed by atoms with E-state index >= 15 is 0 Å². The van der Waals surface area contributed by atoms with Gasteiger partial charge in [0.1, 0.15) is 0 Å². The second-order valence-corrected chi connectivity index (χ2v) is 4.95. The molecular formula is C15H13Cl2NO. The number of hydrogen-bond donors (Lipinski definition) is 1. The zero-order valence-electron chi connectivity index (χ0n) is 10.2. The molecule has 2 aromatic carbocycles. The lowest BCUT2D eigenvalue weighted by Crippen LogP contribution is -2.24. The lowest BCUT2D eigenvalue weighted by atomic mass is 10.1. The average molecular weight is 294 g/mol. The van der Waals surface area contributed by atoms with E-state index in [9.17, 15) is 4.79 Å². The molecule has 1 N–H and O–H groups in total. The minimum absolute atomic E-state index is 0.0983. The predicted octanol–water partition coefficient (Wildman–Crippen LogP) is 3.85. The summed E-state index contributed by atoms with van der Waals surface area (Å²) < 4.78 is 0. The molecule has 0 atom stereocenters. The van der Waals surface area contributed by atoms with Gasteiger partial charge in [-0.2, -0.15) is 0 Å². The third kappa shape index (κ3) is 3.98. The molecule has 0 unspecified atom stereocenters. The van der Waals surface area contributed by atoms with Gasteiger partial charge in [-0.1, -0.05) is 59.6 Å². The summed E-state index contributed by atoms with van der Waals surface area (Å²) in [6, 6.07) is 15.0. The first kappa shape index (κ1) is 13.9. The molecule has 0 heterocycles. The van der Waals surface area contributed by atoms with Crippen LogP contribution in [-0.4, -0.2) is 5.91 Å². The third-order valence-electron chi connectivity index (χ3n) is 2.73. The number of nitrogens with one attached hydrogen (secondary N) is 1. The molecule has 4 heteroatoms. The standard InChI is InChI=1S/C15H13Cl2NO/c16-13-7-4-8-14(17)12(13)9-15(19)18-10-11-5-2-1-3-6-11/h1-8H,9-10H2,(H,18,19). The fraction of sp³-hybridized carbons (Fsp3) is 0.133. The van der Waals surface area contributed by atoms with E-state index in [2.05, 4.69) is 5.32 Å². The summed E-state index contributed by atoms with van der Waals surface area (Å²) in [5.74, 6) is -0.0983. The summed E-state index contributed by atoms with van der Waals surface area (Å²) in [6.07, 6.45) is 0.186. The summed E-state index contributed by atoms with van der Waals surface area (Å²) in [5.41, 5.74) is 1.72. The van der Waals surface area contributed by atoms with Gasteiger partial charge < -0.3 is 5.32 Å². The molecule has 0 bridgehead atoms. The molecule has 0 spiro atoms. The molecule has 0 saturated carbocycles. The van der Waals surface area contributed by atoms with Crippen molar-refractivity contribution in [3.05, 3.63) is 69.7 Å². The highest BCUT2D eigenvalue weighted by Gasteiger charge is 2.10. The summed E-state index contributed by atoms with van der Waals surface area (Å²) in [6.45, 7) is 0.502. The van der Waals surface area contributed by atoms with Crippen molar-refractivity contribution in [3.63, 3.8) is 0 Å². The van der Waals surface area contributed by atoms with Gasteiger partial charge in [-0.05, 0) is 23.3 Å². The van der Waals surface area contributed by atoms with Crippen LogP contribution in [0.15, 0.2) is 48.5 Å². The second-order valence-electron chi connectivity index (χ2n) is 4.14. The lowest BCUT2D eigenvalue weighted by Gasteiger charge is -2.08. The molecule has 98 valence electrons. The Bertz CT molecular complexity index is 549. The van der Waals surface area contributed by atoms with E-state index in [1.807, 2.05) is 30.3 Å². The van der Waals surface area contributed by atoms with Crippen molar-refractivity contribution in [3.8, 4) is 0 Å². The molecule has 0 saturated heterocycles. The van der Waals surface area contributed by atoms with Crippen molar-refractivity contribution >= 4 is 29.1 Å². The van der Waals surface area contributed by atoms with Gasteiger partial charge >= 0.3 is 0 Å².